The van der Waals surface area contributed by atoms with Crippen LogP contribution >= 0.6 is 0 Å². The minimum absolute atomic E-state index is 0.281. The summed E-state index contributed by atoms with van der Waals surface area (Å²) in [6.07, 6.45) is 3.74. The second-order valence-electron chi connectivity index (χ2n) is 5.11. The molecule has 6 nitrogen and oxygen atoms in total. The standard InChI is InChI=1S/C16H18N4O2/c1-19-7-6-15(18-16(19)21)17-13-3-4-14-12(11-13)5-8-20(14)9-10-22-2/h3-8,11H,9-10H2,1-2H3,(H,17,18,21). The molecule has 0 saturated carbocycles. The zero-order valence-electron chi connectivity index (χ0n) is 12.6. The van der Waals surface area contributed by atoms with Crippen molar-refractivity contribution >= 4 is 22.4 Å². The Morgan fingerprint density at radius 2 is 2.09 bits per heavy atom. The monoisotopic (exact) mass is 298 g/mol. The number of nitrogens with one attached hydrogen (secondary N) is 1. The van der Waals surface area contributed by atoms with Gasteiger partial charge < -0.3 is 19.2 Å². The normalized spacial score (nSPS) is 11.0. The van der Waals surface area contributed by atoms with E-state index in [9.17, 15) is 4.79 Å². The minimum Gasteiger partial charge on any atom is -0.383 e. The summed E-state index contributed by atoms with van der Waals surface area (Å²) >= 11 is 0. The molecule has 0 radical (unpaired) electrons. The van der Waals surface area contributed by atoms with Gasteiger partial charge in [-0.15, -0.1) is 0 Å². The van der Waals surface area contributed by atoms with Crippen LogP contribution in [0.1, 0.15) is 0 Å². The van der Waals surface area contributed by atoms with E-state index in [2.05, 4.69) is 20.9 Å². The Morgan fingerprint density at radius 1 is 1.23 bits per heavy atom. The smallest absolute Gasteiger partial charge is 0.349 e. The van der Waals surface area contributed by atoms with Crippen molar-refractivity contribution in [3.05, 3.63) is 53.2 Å². The quantitative estimate of drug-likeness (QED) is 0.784. The van der Waals surface area contributed by atoms with Gasteiger partial charge in [0.25, 0.3) is 0 Å². The van der Waals surface area contributed by atoms with Crippen molar-refractivity contribution in [2.75, 3.05) is 19.0 Å². The van der Waals surface area contributed by atoms with Crippen LogP contribution in [-0.4, -0.2) is 27.8 Å². The highest BCUT2D eigenvalue weighted by molar-refractivity contribution is 5.84. The second-order valence-corrected chi connectivity index (χ2v) is 5.11. The van der Waals surface area contributed by atoms with E-state index >= 15 is 0 Å². The molecule has 114 valence electrons. The molecule has 0 aliphatic rings. The number of hydrogen-bond acceptors (Lipinski definition) is 4. The van der Waals surface area contributed by atoms with E-state index < -0.39 is 0 Å². The third-order valence-electron chi connectivity index (χ3n) is 3.55. The molecule has 0 fully saturated rings. The first kappa shape index (κ1) is 14.3. The molecule has 0 aliphatic heterocycles. The highest BCUT2D eigenvalue weighted by Crippen LogP contribution is 2.22. The number of methoxy groups -OCH3 is 1. The lowest BCUT2D eigenvalue weighted by atomic mass is 10.2. The first-order chi connectivity index (χ1) is 10.7. The number of hydrogen-bond donors (Lipinski definition) is 1. The van der Waals surface area contributed by atoms with Gasteiger partial charge in [0.2, 0.25) is 0 Å². The van der Waals surface area contributed by atoms with Crippen LogP contribution in [-0.2, 0) is 18.3 Å². The summed E-state index contributed by atoms with van der Waals surface area (Å²) in [6.45, 7) is 1.50. The lowest BCUT2D eigenvalue weighted by Crippen LogP contribution is -2.19. The van der Waals surface area contributed by atoms with Crippen molar-refractivity contribution in [2.24, 2.45) is 7.05 Å². The molecule has 0 saturated heterocycles. The van der Waals surface area contributed by atoms with E-state index in [4.69, 9.17) is 4.74 Å². The fourth-order valence-electron chi connectivity index (χ4n) is 2.35. The molecule has 3 rings (SSSR count). The summed E-state index contributed by atoms with van der Waals surface area (Å²) in [5.74, 6) is 0.543. The number of nitrogens with zero attached hydrogens (tertiary/aromatic N) is 3. The fraction of sp³-hybridized carbons (Fsp3) is 0.250. The molecule has 0 spiro atoms. The third-order valence-corrected chi connectivity index (χ3v) is 3.55. The number of benzene rings is 1. The Balaban J connectivity index is 1.85. The molecular formula is C16H18N4O2. The third kappa shape index (κ3) is 2.87. The van der Waals surface area contributed by atoms with Gasteiger partial charge in [0.1, 0.15) is 5.82 Å². The van der Waals surface area contributed by atoms with Crippen LogP contribution in [0.2, 0.25) is 0 Å². The number of aromatic nitrogens is 3. The van der Waals surface area contributed by atoms with Crippen LogP contribution < -0.4 is 11.0 Å². The highest BCUT2D eigenvalue weighted by atomic mass is 16.5. The molecule has 22 heavy (non-hydrogen) atoms. The predicted octanol–water partition coefficient (Wildman–Crippen LogP) is 2.12. The van der Waals surface area contributed by atoms with Gasteiger partial charge in [-0.2, -0.15) is 4.98 Å². The molecule has 0 aliphatic carbocycles. The molecule has 2 aromatic heterocycles. The van der Waals surface area contributed by atoms with Crippen molar-refractivity contribution in [3.63, 3.8) is 0 Å². The average molecular weight is 298 g/mol. The molecule has 0 amide bonds. The minimum atomic E-state index is -0.281. The lowest BCUT2D eigenvalue weighted by Gasteiger charge is -2.08. The van der Waals surface area contributed by atoms with E-state index in [0.717, 1.165) is 23.1 Å². The van der Waals surface area contributed by atoms with Gasteiger partial charge in [-0.25, -0.2) is 4.79 Å². The Hall–Kier alpha value is -2.60. The number of anilines is 2. The van der Waals surface area contributed by atoms with Crippen molar-refractivity contribution in [1.29, 1.82) is 0 Å². The lowest BCUT2D eigenvalue weighted by molar-refractivity contribution is 0.188. The number of fused-ring (bicyclic) bond motifs is 1. The Labute approximate surface area is 128 Å². The van der Waals surface area contributed by atoms with E-state index in [1.54, 1.807) is 26.4 Å². The Kier molecular flexibility index (Phi) is 3.93. The van der Waals surface area contributed by atoms with Gasteiger partial charge in [-0.05, 0) is 30.3 Å². The van der Waals surface area contributed by atoms with E-state index in [1.165, 1.54) is 4.57 Å². The van der Waals surface area contributed by atoms with E-state index in [1.807, 2.05) is 24.4 Å². The zero-order chi connectivity index (χ0) is 15.5. The topological polar surface area (TPSA) is 61.1 Å². The first-order valence-electron chi connectivity index (χ1n) is 7.06. The van der Waals surface area contributed by atoms with Gasteiger partial charge in [-0.1, -0.05) is 0 Å². The Bertz CT molecular complexity index is 851. The summed E-state index contributed by atoms with van der Waals surface area (Å²) in [7, 11) is 3.37. The van der Waals surface area contributed by atoms with E-state index in [0.29, 0.717) is 12.4 Å². The molecule has 1 aromatic carbocycles. The van der Waals surface area contributed by atoms with Crippen LogP contribution in [0.5, 0.6) is 0 Å². The largest absolute Gasteiger partial charge is 0.383 e. The molecule has 0 bridgehead atoms. The summed E-state index contributed by atoms with van der Waals surface area (Å²) in [6, 6.07) is 9.90. The highest BCUT2D eigenvalue weighted by Gasteiger charge is 2.03. The van der Waals surface area contributed by atoms with E-state index in [-0.39, 0.29) is 5.69 Å². The molecular weight excluding hydrogens is 280 g/mol. The van der Waals surface area contributed by atoms with Crippen molar-refractivity contribution in [2.45, 2.75) is 6.54 Å². The van der Waals surface area contributed by atoms with Crippen LogP contribution in [0.25, 0.3) is 10.9 Å². The predicted molar refractivity (Wildman–Crippen MR) is 86.6 cm³/mol. The summed E-state index contributed by atoms with van der Waals surface area (Å²) in [4.78, 5) is 15.5. The molecule has 3 aromatic rings. The fourth-order valence-corrected chi connectivity index (χ4v) is 2.35. The number of rotatable bonds is 5. The number of aryl methyl sites for hydroxylation is 1. The maximum absolute atomic E-state index is 11.5. The maximum atomic E-state index is 11.5. The SMILES string of the molecule is COCCn1ccc2cc(Nc3ccn(C)c(=O)n3)ccc21. The van der Waals surface area contributed by atoms with Crippen molar-refractivity contribution < 1.29 is 4.74 Å². The van der Waals surface area contributed by atoms with Crippen molar-refractivity contribution in [1.82, 2.24) is 14.1 Å². The van der Waals surface area contributed by atoms with Crippen LogP contribution in [0, 0.1) is 0 Å². The second kappa shape index (κ2) is 6.03. The first-order valence-corrected chi connectivity index (χ1v) is 7.06. The molecule has 0 atom stereocenters. The van der Waals surface area contributed by atoms with Gasteiger partial charge in [-0.3, -0.25) is 0 Å². The summed E-state index contributed by atoms with van der Waals surface area (Å²) in [5, 5.41) is 4.29. The van der Waals surface area contributed by atoms with Gasteiger partial charge >= 0.3 is 5.69 Å². The van der Waals surface area contributed by atoms with Crippen LogP contribution in [0.3, 0.4) is 0 Å². The average Bonchev–Trinajstić information content (AvgIpc) is 2.91. The molecule has 2 heterocycles. The van der Waals surface area contributed by atoms with Crippen LogP contribution in [0.4, 0.5) is 11.5 Å². The van der Waals surface area contributed by atoms with Crippen LogP contribution in [0.15, 0.2) is 47.5 Å². The maximum Gasteiger partial charge on any atom is 0.349 e. The van der Waals surface area contributed by atoms with Crippen molar-refractivity contribution in [3.8, 4) is 0 Å². The number of ether oxygens (including phenoxy) is 1. The Morgan fingerprint density at radius 3 is 2.86 bits per heavy atom. The van der Waals surface area contributed by atoms with Gasteiger partial charge in [0.05, 0.1) is 6.61 Å². The summed E-state index contributed by atoms with van der Waals surface area (Å²) in [5.41, 5.74) is 1.77. The molecule has 0 unspecified atom stereocenters. The zero-order valence-corrected chi connectivity index (χ0v) is 12.6. The molecule has 6 heteroatoms. The summed E-state index contributed by atoms with van der Waals surface area (Å²) < 4.78 is 8.70. The van der Waals surface area contributed by atoms with Gasteiger partial charge in [0.15, 0.2) is 0 Å². The molecule has 1 N–H and O–H groups in total. The van der Waals surface area contributed by atoms with Gasteiger partial charge in [0, 0.05) is 49.7 Å².